The minimum absolute atomic E-state index is 0.207. The van der Waals surface area contributed by atoms with Crippen LogP contribution in [-0.4, -0.2) is 29.1 Å². The number of benzene rings is 1. The lowest BCUT2D eigenvalue weighted by Gasteiger charge is -2.29. The molecule has 1 saturated heterocycles. The van der Waals surface area contributed by atoms with E-state index in [2.05, 4.69) is 4.90 Å². The first-order valence-electron chi connectivity index (χ1n) is 7.95. The molecule has 2 aliphatic rings. The Kier molecular flexibility index (Phi) is 3.53. The van der Waals surface area contributed by atoms with Gasteiger partial charge in [0.25, 0.3) is 0 Å². The number of halogens is 3. The van der Waals surface area contributed by atoms with Crippen molar-refractivity contribution in [3.8, 4) is 0 Å². The summed E-state index contributed by atoms with van der Waals surface area (Å²) in [5.41, 5.74) is 0.997. The molecule has 0 unspecified atom stereocenters. The molecule has 23 heavy (non-hydrogen) atoms. The van der Waals surface area contributed by atoms with Crippen LogP contribution in [0.15, 0.2) is 12.1 Å². The third-order valence-corrected chi connectivity index (χ3v) is 5.85. The third kappa shape index (κ3) is 2.59. The molecule has 124 valence electrons. The number of hydrogen-bond donors (Lipinski definition) is 1. The van der Waals surface area contributed by atoms with Crippen LogP contribution >= 0.6 is 11.3 Å². The monoisotopic (exact) mass is 341 g/mol. The fraction of sp³-hybridized carbons (Fsp3) is 0.562. The van der Waals surface area contributed by atoms with Gasteiger partial charge in [-0.15, -0.1) is 0 Å². The van der Waals surface area contributed by atoms with E-state index in [0.29, 0.717) is 15.9 Å². The van der Waals surface area contributed by atoms with Crippen LogP contribution in [0, 0.1) is 5.41 Å². The van der Waals surface area contributed by atoms with Gasteiger partial charge in [0.2, 0.25) is 0 Å². The van der Waals surface area contributed by atoms with Gasteiger partial charge in [0.15, 0.2) is 4.80 Å². The predicted molar refractivity (Wildman–Crippen MR) is 83.7 cm³/mol. The standard InChI is InChI=1S/C16H18F3N3S/c17-16(18,19)11-7-10-3-4-12(9-21-5-1-2-6-21)22-14(10)13(8-11)23-15(22)20/h7-8,12,20H,1-6,9H2/t12-/m1/s1. The molecule has 2 aromatic rings. The zero-order valence-electron chi connectivity index (χ0n) is 12.6. The Morgan fingerprint density at radius 3 is 2.65 bits per heavy atom. The van der Waals surface area contributed by atoms with Crippen LogP contribution in [0.25, 0.3) is 10.2 Å². The molecular formula is C16H18F3N3S. The molecule has 0 aliphatic carbocycles. The van der Waals surface area contributed by atoms with E-state index in [1.807, 2.05) is 4.57 Å². The number of aromatic nitrogens is 1. The van der Waals surface area contributed by atoms with Gasteiger partial charge in [-0.05, 0) is 56.5 Å². The lowest BCUT2D eigenvalue weighted by molar-refractivity contribution is -0.137. The largest absolute Gasteiger partial charge is 0.416 e. The Balaban J connectivity index is 1.79. The molecule has 0 amide bonds. The van der Waals surface area contributed by atoms with Gasteiger partial charge in [0.1, 0.15) is 0 Å². The lowest BCUT2D eigenvalue weighted by atomic mass is 9.97. The van der Waals surface area contributed by atoms with Crippen molar-refractivity contribution in [1.29, 1.82) is 5.41 Å². The summed E-state index contributed by atoms with van der Waals surface area (Å²) in [6.07, 6.45) is -0.415. The average Bonchev–Trinajstić information content (AvgIpc) is 3.09. The Morgan fingerprint density at radius 2 is 1.96 bits per heavy atom. The Hall–Kier alpha value is -1.34. The number of aryl methyl sites for hydroxylation is 1. The van der Waals surface area contributed by atoms with E-state index in [1.54, 1.807) is 0 Å². The van der Waals surface area contributed by atoms with Crippen LogP contribution in [0.2, 0.25) is 0 Å². The molecule has 0 radical (unpaired) electrons. The van der Waals surface area contributed by atoms with Crippen molar-refractivity contribution in [3.63, 3.8) is 0 Å². The fourth-order valence-corrected chi connectivity index (χ4v) is 4.92. The van der Waals surface area contributed by atoms with Crippen LogP contribution in [0.4, 0.5) is 13.2 Å². The van der Waals surface area contributed by atoms with E-state index in [-0.39, 0.29) is 6.04 Å². The number of nitrogens with one attached hydrogen (secondary N) is 1. The zero-order valence-corrected chi connectivity index (χ0v) is 13.4. The second kappa shape index (κ2) is 5.34. The summed E-state index contributed by atoms with van der Waals surface area (Å²) in [5.74, 6) is 0. The van der Waals surface area contributed by atoms with Gasteiger partial charge >= 0.3 is 6.18 Å². The normalized spacial score (nSPS) is 22.1. The molecule has 1 aromatic heterocycles. The summed E-state index contributed by atoms with van der Waals surface area (Å²) in [6.45, 7) is 3.10. The van der Waals surface area contributed by atoms with Crippen molar-refractivity contribution < 1.29 is 13.2 Å². The van der Waals surface area contributed by atoms with Crippen molar-refractivity contribution in [2.75, 3.05) is 19.6 Å². The molecule has 0 saturated carbocycles. The van der Waals surface area contributed by atoms with Gasteiger partial charge in [0, 0.05) is 12.6 Å². The highest BCUT2D eigenvalue weighted by atomic mass is 32.1. The highest BCUT2D eigenvalue weighted by Gasteiger charge is 2.34. The fourth-order valence-electron chi connectivity index (χ4n) is 3.86. The second-order valence-electron chi connectivity index (χ2n) is 6.46. The summed E-state index contributed by atoms with van der Waals surface area (Å²) in [6, 6.07) is 2.69. The number of likely N-dealkylation sites (tertiary alicyclic amines) is 1. The number of hydrogen-bond acceptors (Lipinski definition) is 3. The van der Waals surface area contributed by atoms with Crippen LogP contribution in [0.5, 0.6) is 0 Å². The molecule has 1 aromatic carbocycles. The smallest absolute Gasteiger partial charge is 0.312 e. The predicted octanol–water partition coefficient (Wildman–Crippen LogP) is 3.78. The minimum Gasteiger partial charge on any atom is -0.312 e. The molecule has 4 rings (SSSR count). The van der Waals surface area contributed by atoms with Gasteiger partial charge in [-0.2, -0.15) is 13.2 Å². The summed E-state index contributed by atoms with van der Waals surface area (Å²) in [7, 11) is 0. The summed E-state index contributed by atoms with van der Waals surface area (Å²) < 4.78 is 41.7. The second-order valence-corrected chi connectivity index (χ2v) is 7.49. The van der Waals surface area contributed by atoms with Crippen molar-refractivity contribution >= 4 is 21.6 Å². The molecule has 0 spiro atoms. The maximum absolute atomic E-state index is 13.0. The summed E-state index contributed by atoms with van der Waals surface area (Å²) in [5, 5.41) is 8.24. The molecule has 3 heterocycles. The summed E-state index contributed by atoms with van der Waals surface area (Å²) in [4.78, 5) is 2.78. The van der Waals surface area contributed by atoms with E-state index in [1.165, 1.54) is 25.0 Å². The molecule has 1 N–H and O–H groups in total. The van der Waals surface area contributed by atoms with Gasteiger partial charge < -0.3 is 9.47 Å². The van der Waals surface area contributed by atoms with E-state index < -0.39 is 11.7 Å². The third-order valence-electron chi connectivity index (χ3n) is 4.93. The number of nitrogens with zero attached hydrogens (tertiary/aromatic N) is 2. The van der Waals surface area contributed by atoms with Gasteiger partial charge in [-0.3, -0.25) is 5.41 Å². The average molecular weight is 341 g/mol. The van der Waals surface area contributed by atoms with E-state index in [4.69, 9.17) is 5.41 Å². The van der Waals surface area contributed by atoms with E-state index in [9.17, 15) is 13.2 Å². The molecule has 7 heteroatoms. The molecule has 1 fully saturated rings. The first-order chi connectivity index (χ1) is 10.9. The van der Waals surface area contributed by atoms with E-state index in [0.717, 1.165) is 48.5 Å². The molecule has 2 aliphatic heterocycles. The molecule has 1 atom stereocenters. The highest BCUT2D eigenvalue weighted by Crippen LogP contribution is 2.38. The Morgan fingerprint density at radius 1 is 1.22 bits per heavy atom. The molecular weight excluding hydrogens is 323 g/mol. The molecule has 0 bridgehead atoms. The van der Waals surface area contributed by atoms with Crippen molar-refractivity contribution in [1.82, 2.24) is 9.47 Å². The van der Waals surface area contributed by atoms with Crippen molar-refractivity contribution in [3.05, 3.63) is 28.1 Å². The van der Waals surface area contributed by atoms with Gasteiger partial charge in [0.05, 0.1) is 15.8 Å². The lowest BCUT2D eigenvalue weighted by Crippen LogP contribution is -2.34. The van der Waals surface area contributed by atoms with Crippen molar-refractivity contribution in [2.45, 2.75) is 37.9 Å². The zero-order chi connectivity index (χ0) is 16.2. The Labute approximate surface area is 135 Å². The maximum atomic E-state index is 13.0. The van der Waals surface area contributed by atoms with E-state index >= 15 is 0 Å². The van der Waals surface area contributed by atoms with Gasteiger partial charge in [-0.1, -0.05) is 11.3 Å². The Bertz CT molecular complexity index is 799. The molecule has 3 nitrogen and oxygen atoms in total. The maximum Gasteiger partial charge on any atom is 0.416 e. The van der Waals surface area contributed by atoms with Gasteiger partial charge in [-0.25, -0.2) is 0 Å². The number of rotatable bonds is 2. The first-order valence-corrected chi connectivity index (χ1v) is 8.77. The highest BCUT2D eigenvalue weighted by molar-refractivity contribution is 7.16. The summed E-state index contributed by atoms with van der Waals surface area (Å²) >= 11 is 1.16. The minimum atomic E-state index is -4.33. The first kappa shape index (κ1) is 15.2. The van der Waals surface area contributed by atoms with Crippen LogP contribution in [0.3, 0.4) is 0 Å². The van der Waals surface area contributed by atoms with Crippen molar-refractivity contribution in [2.24, 2.45) is 0 Å². The topological polar surface area (TPSA) is 32.0 Å². The quantitative estimate of drug-likeness (QED) is 0.886. The number of thiazole rings is 1. The van der Waals surface area contributed by atoms with Crippen LogP contribution < -0.4 is 4.80 Å². The SMILES string of the molecule is N=c1sc2cc(C(F)(F)F)cc3c2n1[C@@H](CN1CCCC1)CC3. The van der Waals surface area contributed by atoms with Crippen LogP contribution in [-0.2, 0) is 12.6 Å². The number of alkyl halides is 3. The van der Waals surface area contributed by atoms with Crippen LogP contribution in [0.1, 0.15) is 36.4 Å².